The molecule has 0 fully saturated rings. The first-order valence-corrected chi connectivity index (χ1v) is 6.63. The van der Waals surface area contributed by atoms with Gasteiger partial charge in [0.15, 0.2) is 11.6 Å². The summed E-state index contributed by atoms with van der Waals surface area (Å²) < 4.78 is 23.8. The largest absolute Gasteiger partial charge is 0.494 e. The molecule has 0 radical (unpaired) electrons. The van der Waals surface area contributed by atoms with Crippen LogP contribution >= 0.6 is 0 Å². The van der Waals surface area contributed by atoms with E-state index in [2.05, 4.69) is 12.2 Å². The van der Waals surface area contributed by atoms with Crippen LogP contribution in [-0.2, 0) is 11.2 Å². The smallest absolute Gasteiger partial charge is 0.165 e. The Morgan fingerprint density at radius 1 is 1.26 bits per heavy atom. The molecule has 0 amide bonds. The second-order valence-corrected chi connectivity index (χ2v) is 4.78. The lowest BCUT2D eigenvalue weighted by Gasteiger charge is -2.18. The topological polar surface area (TPSA) is 30.5 Å². The molecular weight excluding hydrogens is 245 g/mol. The van der Waals surface area contributed by atoms with E-state index in [9.17, 15) is 4.39 Å². The third kappa shape index (κ3) is 5.17. The quantitative estimate of drug-likeness (QED) is 0.787. The van der Waals surface area contributed by atoms with Gasteiger partial charge in [0.05, 0.1) is 13.2 Å². The van der Waals surface area contributed by atoms with E-state index in [0.717, 1.165) is 24.8 Å². The molecule has 108 valence electrons. The second-order valence-electron chi connectivity index (χ2n) is 4.78. The normalized spacial score (nSPS) is 14.2. The van der Waals surface area contributed by atoms with Gasteiger partial charge in [0, 0.05) is 13.2 Å². The molecule has 2 unspecified atom stereocenters. The molecule has 1 aromatic rings. The van der Waals surface area contributed by atoms with Crippen LogP contribution in [0.25, 0.3) is 0 Å². The van der Waals surface area contributed by atoms with Crippen LogP contribution in [-0.4, -0.2) is 33.4 Å². The number of benzene rings is 1. The minimum absolute atomic E-state index is 0.253. The maximum Gasteiger partial charge on any atom is 0.165 e. The van der Waals surface area contributed by atoms with Gasteiger partial charge in [-0.25, -0.2) is 4.39 Å². The second kappa shape index (κ2) is 8.12. The van der Waals surface area contributed by atoms with Crippen molar-refractivity contribution in [2.75, 3.05) is 21.3 Å². The van der Waals surface area contributed by atoms with Gasteiger partial charge in [0.25, 0.3) is 0 Å². The van der Waals surface area contributed by atoms with Gasteiger partial charge in [0.1, 0.15) is 0 Å². The van der Waals surface area contributed by atoms with Crippen LogP contribution in [0.5, 0.6) is 5.75 Å². The highest BCUT2D eigenvalue weighted by Gasteiger charge is 2.11. The third-order valence-corrected chi connectivity index (χ3v) is 3.43. The molecule has 3 nitrogen and oxygen atoms in total. The molecule has 2 atom stereocenters. The zero-order chi connectivity index (χ0) is 14.3. The summed E-state index contributed by atoms with van der Waals surface area (Å²) in [7, 11) is 5.13. The summed E-state index contributed by atoms with van der Waals surface area (Å²) in [5.41, 5.74) is 0.975. The third-order valence-electron chi connectivity index (χ3n) is 3.43. The summed E-state index contributed by atoms with van der Waals surface area (Å²) >= 11 is 0. The van der Waals surface area contributed by atoms with E-state index in [1.807, 2.05) is 13.1 Å². The fourth-order valence-electron chi connectivity index (χ4n) is 2.02. The van der Waals surface area contributed by atoms with Crippen molar-refractivity contribution < 1.29 is 13.9 Å². The van der Waals surface area contributed by atoms with Crippen molar-refractivity contribution in [2.24, 2.45) is 0 Å². The van der Waals surface area contributed by atoms with Crippen molar-refractivity contribution in [1.29, 1.82) is 0 Å². The minimum Gasteiger partial charge on any atom is -0.494 e. The molecule has 4 heteroatoms. The van der Waals surface area contributed by atoms with Gasteiger partial charge in [0.2, 0.25) is 0 Å². The van der Waals surface area contributed by atoms with Crippen LogP contribution in [0.3, 0.4) is 0 Å². The first-order chi connectivity index (χ1) is 9.10. The van der Waals surface area contributed by atoms with Gasteiger partial charge in [-0.05, 0) is 50.9 Å². The van der Waals surface area contributed by atoms with Gasteiger partial charge >= 0.3 is 0 Å². The SMILES string of the molecule is CNC(CCC(C)OC)Cc1ccc(OC)c(F)c1. The van der Waals surface area contributed by atoms with E-state index in [1.165, 1.54) is 7.11 Å². The van der Waals surface area contributed by atoms with Crippen molar-refractivity contribution in [3.63, 3.8) is 0 Å². The molecule has 0 saturated heterocycles. The molecular formula is C15H24FNO2. The van der Waals surface area contributed by atoms with Crippen molar-refractivity contribution in [2.45, 2.75) is 38.3 Å². The van der Waals surface area contributed by atoms with E-state index in [4.69, 9.17) is 9.47 Å². The average molecular weight is 269 g/mol. The van der Waals surface area contributed by atoms with Gasteiger partial charge in [-0.3, -0.25) is 0 Å². The van der Waals surface area contributed by atoms with E-state index in [-0.39, 0.29) is 17.7 Å². The first-order valence-electron chi connectivity index (χ1n) is 6.63. The molecule has 1 rings (SSSR count). The van der Waals surface area contributed by atoms with Crippen molar-refractivity contribution in [3.8, 4) is 5.75 Å². The Bertz CT molecular complexity index is 384. The summed E-state index contributed by atoms with van der Waals surface area (Å²) in [6.07, 6.45) is 3.04. The van der Waals surface area contributed by atoms with Gasteiger partial charge < -0.3 is 14.8 Å². The summed E-state index contributed by atoms with van der Waals surface area (Å²) in [5.74, 6) is -0.0159. The molecule has 0 aliphatic carbocycles. The number of hydrogen-bond donors (Lipinski definition) is 1. The van der Waals surface area contributed by atoms with Gasteiger partial charge in [-0.2, -0.15) is 0 Å². The van der Waals surface area contributed by atoms with Crippen molar-refractivity contribution in [3.05, 3.63) is 29.6 Å². The average Bonchev–Trinajstić information content (AvgIpc) is 2.43. The highest BCUT2D eigenvalue weighted by atomic mass is 19.1. The molecule has 0 spiro atoms. The Balaban J connectivity index is 2.57. The lowest BCUT2D eigenvalue weighted by Crippen LogP contribution is -2.28. The molecule has 0 saturated carbocycles. The Labute approximate surface area is 115 Å². The predicted molar refractivity (Wildman–Crippen MR) is 75.2 cm³/mol. The molecule has 0 aromatic heterocycles. The van der Waals surface area contributed by atoms with E-state index in [0.29, 0.717) is 6.04 Å². The zero-order valence-electron chi connectivity index (χ0n) is 12.2. The van der Waals surface area contributed by atoms with Crippen LogP contribution < -0.4 is 10.1 Å². The number of hydrogen-bond acceptors (Lipinski definition) is 3. The number of likely N-dealkylation sites (N-methyl/N-ethyl adjacent to an activating group) is 1. The van der Waals surface area contributed by atoms with Crippen molar-refractivity contribution >= 4 is 0 Å². The number of methoxy groups -OCH3 is 2. The number of ether oxygens (including phenoxy) is 2. The fourth-order valence-corrected chi connectivity index (χ4v) is 2.02. The Hall–Kier alpha value is -1.13. The predicted octanol–water partition coefficient (Wildman–Crippen LogP) is 2.78. The standard InChI is InChI=1S/C15H24FNO2/c1-11(18-3)5-7-13(17-2)9-12-6-8-15(19-4)14(16)10-12/h6,8,10-11,13,17H,5,7,9H2,1-4H3. The van der Waals surface area contributed by atoms with Gasteiger partial charge in [-0.1, -0.05) is 6.07 Å². The molecule has 1 N–H and O–H groups in total. The maximum absolute atomic E-state index is 13.6. The lowest BCUT2D eigenvalue weighted by atomic mass is 10.0. The lowest BCUT2D eigenvalue weighted by molar-refractivity contribution is 0.106. The summed E-state index contributed by atoms with van der Waals surface area (Å²) in [5, 5.41) is 3.27. The van der Waals surface area contributed by atoms with E-state index in [1.54, 1.807) is 19.2 Å². The van der Waals surface area contributed by atoms with Crippen molar-refractivity contribution in [1.82, 2.24) is 5.32 Å². The van der Waals surface area contributed by atoms with Crippen LogP contribution in [0.2, 0.25) is 0 Å². The number of nitrogens with one attached hydrogen (secondary N) is 1. The minimum atomic E-state index is -0.305. The summed E-state index contributed by atoms with van der Waals surface area (Å²) in [6.45, 7) is 2.06. The summed E-state index contributed by atoms with van der Waals surface area (Å²) in [4.78, 5) is 0. The zero-order valence-corrected chi connectivity index (χ0v) is 12.2. The Morgan fingerprint density at radius 3 is 2.53 bits per heavy atom. The Kier molecular flexibility index (Phi) is 6.81. The number of halogens is 1. The van der Waals surface area contributed by atoms with Crippen LogP contribution in [0.15, 0.2) is 18.2 Å². The molecule has 0 aliphatic rings. The van der Waals surface area contributed by atoms with E-state index >= 15 is 0 Å². The fraction of sp³-hybridized carbons (Fsp3) is 0.600. The molecule has 0 bridgehead atoms. The first kappa shape index (κ1) is 15.9. The van der Waals surface area contributed by atoms with Gasteiger partial charge in [-0.15, -0.1) is 0 Å². The van der Waals surface area contributed by atoms with Crippen LogP contribution in [0, 0.1) is 5.82 Å². The molecule has 1 aromatic carbocycles. The van der Waals surface area contributed by atoms with E-state index < -0.39 is 0 Å². The highest BCUT2D eigenvalue weighted by molar-refractivity contribution is 5.29. The van der Waals surface area contributed by atoms with Crippen LogP contribution in [0.1, 0.15) is 25.3 Å². The maximum atomic E-state index is 13.6. The summed E-state index contributed by atoms with van der Waals surface area (Å²) in [6, 6.07) is 5.45. The molecule has 0 heterocycles. The molecule has 19 heavy (non-hydrogen) atoms. The highest BCUT2D eigenvalue weighted by Crippen LogP contribution is 2.19. The molecule has 0 aliphatic heterocycles. The Morgan fingerprint density at radius 2 is 2.00 bits per heavy atom. The number of rotatable bonds is 8. The monoisotopic (exact) mass is 269 g/mol. The van der Waals surface area contributed by atoms with Crippen LogP contribution in [0.4, 0.5) is 4.39 Å².